The quantitative estimate of drug-likeness (QED) is 0.776. The van der Waals surface area contributed by atoms with Crippen molar-refractivity contribution in [2.24, 2.45) is 5.92 Å². The minimum atomic E-state index is -0.490. The van der Waals surface area contributed by atoms with E-state index in [9.17, 15) is 9.59 Å². The molecular weight excluding hydrogens is 308 g/mol. The van der Waals surface area contributed by atoms with Gasteiger partial charge in [-0.1, -0.05) is 0 Å². The van der Waals surface area contributed by atoms with Crippen LogP contribution in [-0.4, -0.2) is 47.1 Å². The van der Waals surface area contributed by atoms with Gasteiger partial charge in [0.05, 0.1) is 12.2 Å². The molecule has 2 fully saturated rings. The number of aromatic nitrogens is 1. The Hall–Kier alpha value is -2.11. The van der Waals surface area contributed by atoms with Crippen LogP contribution in [0.5, 0.6) is 5.75 Å². The lowest BCUT2D eigenvalue weighted by Crippen LogP contribution is -2.55. The van der Waals surface area contributed by atoms with Gasteiger partial charge in [-0.25, -0.2) is 4.79 Å². The zero-order chi connectivity index (χ0) is 17.3. The molecule has 0 spiro atoms. The molecule has 6 heteroatoms. The van der Waals surface area contributed by atoms with Crippen LogP contribution in [0.4, 0.5) is 4.79 Å². The second-order valence-corrected chi connectivity index (χ2v) is 7.52. The predicted molar refractivity (Wildman–Crippen MR) is 88.0 cm³/mol. The summed E-state index contributed by atoms with van der Waals surface area (Å²) in [5.41, 5.74) is 0.553. The molecule has 0 N–H and O–H groups in total. The summed E-state index contributed by atoms with van der Waals surface area (Å²) >= 11 is 0. The van der Waals surface area contributed by atoms with E-state index >= 15 is 0 Å². The molecule has 6 nitrogen and oxygen atoms in total. The van der Waals surface area contributed by atoms with Gasteiger partial charge >= 0.3 is 6.09 Å². The van der Waals surface area contributed by atoms with E-state index in [2.05, 4.69) is 4.98 Å². The molecule has 0 bridgehead atoms. The molecule has 1 aliphatic heterocycles. The molecule has 1 aromatic rings. The van der Waals surface area contributed by atoms with Crippen molar-refractivity contribution in [1.82, 2.24) is 9.88 Å². The first-order chi connectivity index (χ1) is 11.4. The maximum atomic E-state index is 12.1. The van der Waals surface area contributed by atoms with E-state index in [4.69, 9.17) is 9.47 Å². The summed E-state index contributed by atoms with van der Waals surface area (Å²) in [5, 5.41) is 0. The van der Waals surface area contributed by atoms with Crippen molar-refractivity contribution < 1.29 is 19.1 Å². The van der Waals surface area contributed by atoms with E-state index in [0.29, 0.717) is 18.9 Å². The summed E-state index contributed by atoms with van der Waals surface area (Å²) in [7, 11) is 0. The Bertz CT molecular complexity index is 626. The Kier molecular flexibility index (Phi) is 4.47. The number of amides is 1. The number of ether oxygens (including phenoxy) is 2. The highest BCUT2D eigenvalue weighted by atomic mass is 16.6. The fourth-order valence-electron chi connectivity index (χ4n) is 2.83. The van der Waals surface area contributed by atoms with Gasteiger partial charge in [-0.15, -0.1) is 0 Å². The predicted octanol–water partition coefficient (Wildman–Crippen LogP) is 2.77. The average molecular weight is 332 g/mol. The minimum absolute atomic E-state index is 0.0344. The second-order valence-electron chi connectivity index (χ2n) is 7.52. The second kappa shape index (κ2) is 6.42. The van der Waals surface area contributed by atoms with Crippen molar-refractivity contribution in [3.63, 3.8) is 0 Å². The molecular formula is C18H24N2O4. The summed E-state index contributed by atoms with van der Waals surface area (Å²) in [5.74, 6) is 1.08. The molecule has 1 amide bonds. The Morgan fingerprint density at radius 2 is 2.21 bits per heavy atom. The lowest BCUT2D eigenvalue weighted by molar-refractivity contribution is -0.108. The van der Waals surface area contributed by atoms with Gasteiger partial charge in [0.15, 0.2) is 0 Å². The Morgan fingerprint density at radius 3 is 2.79 bits per heavy atom. The SMILES string of the molecule is CC(C)(C)OC(=O)N1CC[C@H]1COc1cncc([C@@H]2C[C@H]2C=O)c1. The molecule has 1 aliphatic carbocycles. The van der Waals surface area contributed by atoms with E-state index < -0.39 is 5.60 Å². The molecule has 2 aliphatic rings. The first kappa shape index (κ1) is 16.7. The highest BCUT2D eigenvalue weighted by molar-refractivity contribution is 5.69. The van der Waals surface area contributed by atoms with E-state index in [1.54, 1.807) is 17.3 Å². The van der Waals surface area contributed by atoms with E-state index in [0.717, 1.165) is 24.7 Å². The molecule has 0 unspecified atom stereocenters. The third-order valence-corrected chi connectivity index (χ3v) is 4.39. The molecule has 0 radical (unpaired) electrons. The molecule has 1 saturated heterocycles. The van der Waals surface area contributed by atoms with Crippen LogP contribution in [0, 0.1) is 5.92 Å². The molecule has 24 heavy (non-hydrogen) atoms. The zero-order valence-corrected chi connectivity index (χ0v) is 14.4. The third-order valence-electron chi connectivity index (χ3n) is 4.39. The van der Waals surface area contributed by atoms with Crippen molar-refractivity contribution in [2.45, 2.75) is 51.2 Å². The number of nitrogens with zero attached hydrogens (tertiary/aromatic N) is 2. The van der Waals surface area contributed by atoms with Crippen LogP contribution >= 0.6 is 0 Å². The summed E-state index contributed by atoms with van der Waals surface area (Å²) in [6, 6.07) is 1.98. The summed E-state index contributed by atoms with van der Waals surface area (Å²) in [4.78, 5) is 28.8. The molecule has 130 valence electrons. The van der Waals surface area contributed by atoms with Crippen molar-refractivity contribution >= 4 is 12.4 Å². The van der Waals surface area contributed by atoms with E-state index in [1.807, 2.05) is 26.8 Å². The number of rotatable bonds is 5. The number of hydrogen-bond donors (Lipinski definition) is 0. The van der Waals surface area contributed by atoms with Gasteiger partial charge in [-0.3, -0.25) is 4.98 Å². The van der Waals surface area contributed by atoms with Gasteiger partial charge in [-0.2, -0.15) is 0 Å². The monoisotopic (exact) mass is 332 g/mol. The molecule has 1 aromatic heterocycles. The Morgan fingerprint density at radius 1 is 1.42 bits per heavy atom. The zero-order valence-electron chi connectivity index (χ0n) is 14.4. The third kappa shape index (κ3) is 3.86. The first-order valence-corrected chi connectivity index (χ1v) is 8.40. The first-order valence-electron chi connectivity index (χ1n) is 8.40. The highest BCUT2D eigenvalue weighted by Crippen LogP contribution is 2.46. The van der Waals surface area contributed by atoms with Gasteiger partial charge in [-0.05, 0) is 51.2 Å². The lowest BCUT2D eigenvalue weighted by Gasteiger charge is -2.40. The van der Waals surface area contributed by atoms with E-state index in [-0.39, 0.29) is 24.0 Å². The normalized spacial score (nSPS) is 25.6. The van der Waals surface area contributed by atoms with Crippen LogP contribution < -0.4 is 4.74 Å². The molecule has 1 saturated carbocycles. The van der Waals surface area contributed by atoms with Crippen molar-refractivity contribution in [1.29, 1.82) is 0 Å². The van der Waals surface area contributed by atoms with E-state index in [1.165, 1.54) is 0 Å². The number of carbonyl (C=O) groups is 2. The fraction of sp³-hybridized carbons (Fsp3) is 0.611. The van der Waals surface area contributed by atoms with Crippen LogP contribution in [0.15, 0.2) is 18.5 Å². The molecule has 2 heterocycles. The maximum absolute atomic E-state index is 12.1. The molecule has 0 aromatic carbocycles. The smallest absolute Gasteiger partial charge is 0.410 e. The minimum Gasteiger partial charge on any atom is -0.490 e. The number of hydrogen-bond acceptors (Lipinski definition) is 5. The van der Waals surface area contributed by atoms with Gasteiger partial charge in [0.1, 0.15) is 24.2 Å². The van der Waals surface area contributed by atoms with Gasteiger partial charge in [0.2, 0.25) is 0 Å². The van der Waals surface area contributed by atoms with Crippen LogP contribution in [0.2, 0.25) is 0 Å². The summed E-state index contributed by atoms with van der Waals surface area (Å²) in [6.07, 6.45) is 5.97. The van der Waals surface area contributed by atoms with Crippen molar-refractivity contribution in [3.8, 4) is 5.75 Å². The standard InChI is InChI=1S/C18H24N2O4/c1-18(2,3)24-17(22)20-5-4-14(20)11-23-15-6-12(8-19-9-15)16-7-13(16)10-21/h6,8-10,13-14,16H,4-5,7,11H2,1-3H3/t13-,14-,16-/m0/s1. The summed E-state index contributed by atoms with van der Waals surface area (Å²) in [6.45, 7) is 6.70. The Balaban J connectivity index is 1.52. The van der Waals surface area contributed by atoms with Crippen LogP contribution in [0.1, 0.15) is 45.1 Å². The topological polar surface area (TPSA) is 68.7 Å². The largest absolute Gasteiger partial charge is 0.490 e. The number of likely N-dealkylation sites (tertiary alicyclic amines) is 1. The Labute approximate surface area is 142 Å². The fourth-order valence-corrected chi connectivity index (χ4v) is 2.83. The lowest BCUT2D eigenvalue weighted by atomic mass is 10.1. The number of carbonyl (C=O) groups excluding carboxylic acids is 2. The van der Waals surface area contributed by atoms with Gasteiger partial charge in [0, 0.05) is 18.7 Å². The van der Waals surface area contributed by atoms with Crippen LogP contribution in [0.3, 0.4) is 0 Å². The van der Waals surface area contributed by atoms with Crippen LogP contribution in [-0.2, 0) is 9.53 Å². The number of pyridine rings is 1. The number of aldehydes is 1. The highest BCUT2D eigenvalue weighted by Gasteiger charge is 2.39. The van der Waals surface area contributed by atoms with Crippen molar-refractivity contribution in [2.75, 3.05) is 13.2 Å². The molecule has 3 atom stereocenters. The summed E-state index contributed by atoms with van der Waals surface area (Å²) < 4.78 is 11.2. The van der Waals surface area contributed by atoms with Crippen LogP contribution in [0.25, 0.3) is 0 Å². The average Bonchev–Trinajstić information content (AvgIpc) is 3.24. The molecule has 3 rings (SSSR count). The van der Waals surface area contributed by atoms with Gasteiger partial charge in [0.25, 0.3) is 0 Å². The maximum Gasteiger partial charge on any atom is 0.410 e. The van der Waals surface area contributed by atoms with Gasteiger partial charge < -0.3 is 19.2 Å². The van der Waals surface area contributed by atoms with Crippen molar-refractivity contribution in [3.05, 3.63) is 24.0 Å².